The summed E-state index contributed by atoms with van der Waals surface area (Å²) in [6, 6.07) is 4.90. The molecule has 0 radical (unpaired) electrons. The molecule has 0 unspecified atom stereocenters. The van der Waals surface area contributed by atoms with Crippen molar-refractivity contribution in [1.82, 2.24) is 0 Å². The van der Waals surface area contributed by atoms with Crippen molar-refractivity contribution in [2.24, 2.45) is 0 Å². The zero-order valence-electron chi connectivity index (χ0n) is 9.10. The van der Waals surface area contributed by atoms with Crippen molar-refractivity contribution >= 4 is 0 Å². The van der Waals surface area contributed by atoms with Crippen LogP contribution in [0, 0.1) is 0 Å². The molecule has 0 heterocycles. The summed E-state index contributed by atoms with van der Waals surface area (Å²) in [6.45, 7) is 2.27. The summed E-state index contributed by atoms with van der Waals surface area (Å²) in [5.41, 5.74) is 4.89. The van der Waals surface area contributed by atoms with Crippen LogP contribution in [0.3, 0.4) is 0 Å². The van der Waals surface area contributed by atoms with Crippen LogP contribution in [-0.4, -0.2) is 0 Å². The van der Waals surface area contributed by atoms with Gasteiger partial charge in [0, 0.05) is 26.2 Å². The Labute approximate surface area is 107 Å². The van der Waals surface area contributed by atoms with E-state index in [0.717, 1.165) is 0 Å². The Morgan fingerprint density at radius 1 is 1.29 bits per heavy atom. The van der Waals surface area contributed by atoms with Gasteiger partial charge >= 0.3 is 0 Å². The normalized spacial score (nSPS) is 14.6. The largest absolute Gasteiger partial charge is 0.207 e. The fourth-order valence-electron chi connectivity index (χ4n) is 2.30. The van der Waals surface area contributed by atoms with Crippen LogP contribution in [0.25, 0.3) is 0 Å². The maximum absolute atomic E-state index is 2.45. The average molecular weight is 267 g/mol. The quantitative estimate of drug-likeness (QED) is 0.733. The van der Waals surface area contributed by atoms with Gasteiger partial charge in [-0.15, -0.1) is 0 Å². The van der Waals surface area contributed by atoms with Gasteiger partial charge in [-0.05, 0) is 0 Å². The Morgan fingerprint density at radius 3 is 2.79 bits per heavy atom. The van der Waals surface area contributed by atoms with Crippen LogP contribution in [0.5, 0.6) is 0 Å². The maximum atomic E-state index is 2.45. The van der Waals surface area contributed by atoms with E-state index in [9.17, 15) is 0 Å². The first-order chi connectivity index (χ1) is 6.40. The number of unbranched alkanes of at least 4 members (excludes halogenated alkanes) is 1. The molecule has 0 saturated heterocycles. The second-order valence-electron chi connectivity index (χ2n) is 4.22. The van der Waals surface area contributed by atoms with Crippen molar-refractivity contribution in [2.75, 3.05) is 0 Å². The Balaban J connectivity index is 0.000000980. The molecule has 0 saturated carbocycles. The Morgan fingerprint density at radius 2 is 2.07 bits per heavy atom. The number of hydrogen-bond donors (Lipinski definition) is 0. The summed E-state index contributed by atoms with van der Waals surface area (Å²) in [6.07, 6.45) is 9.44. The van der Waals surface area contributed by atoms with Crippen LogP contribution in [-0.2, 0) is 45.5 Å². The smallest absolute Gasteiger partial charge is 0 e. The standard InChI is InChI=1S/C13H19.Zr/c1-2-3-6-11-9-12-7-4-5-8-13(12)10-11;/h9-10H,2-8H2,1H3;/q-1;. The maximum Gasteiger partial charge on any atom is 0 e. The van der Waals surface area contributed by atoms with Crippen molar-refractivity contribution in [3.63, 3.8) is 0 Å². The molecule has 1 heteroatoms. The van der Waals surface area contributed by atoms with Gasteiger partial charge in [-0.2, -0.15) is 22.8 Å². The Kier molecular flexibility index (Phi) is 5.23. The van der Waals surface area contributed by atoms with E-state index in [4.69, 9.17) is 0 Å². The van der Waals surface area contributed by atoms with E-state index in [2.05, 4.69) is 19.1 Å². The molecule has 0 N–H and O–H groups in total. The van der Waals surface area contributed by atoms with Gasteiger partial charge in [0.1, 0.15) is 0 Å². The molecule has 14 heavy (non-hydrogen) atoms. The van der Waals surface area contributed by atoms with E-state index in [0.29, 0.717) is 0 Å². The topological polar surface area (TPSA) is 0 Å². The van der Waals surface area contributed by atoms with Gasteiger partial charge < -0.3 is 0 Å². The summed E-state index contributed by atoms with van der Waals surface area (Å²) in [5.74, 6) is 0. The summed E-state index contributed by atoms with van der Waals surface area (Å²) in [7, 11) is 0. The molecule has 76 valence electrons. The SMILES string of the molecule is CCCCc1cc2c([cH-]1)CCCC2.[Zr]. The molecule has 1 aliphatic carbocycles. The van der Waals surface area contributed by atoms with Gasteiger partial charge in [-0.3, -0.25) is 0 Å². The minimum atomic E-state index is 0. The van der Waals surface area contributed by atoms with Crippen LogP contribution < -0.4 is 0 Å². The molecule has 0 amide bonds. The van der Waals surface area contributed by atoms with Crippen molar-refractivity contribution in [2.45, 2.75) is 51.9 Å². The summed E-state index contributed by atoms with van der Waals surface area (Å²) >= 11 is 0. The van der Waals surface area contributed by atoms with Crippen LogP contribution in [0.4, 0.5) is 0 Å². The summed E-state index contributed by atoms with van der Waals surface area (Å²) < 4.78 is 0. The van der Waals surface area contributed by atoms with Crippen molar-refractivity contribution in [1.29, 1.82) is 0 Å². The molecule has 1 aromatic carbocycles. The zero-order valence-corrected chi connectivity index (χ0v) is 11.6. The first-order valence-corrected chi connectivity index (χ1v) is 5.67. The molecule has 1 aromatic rings. The van der Waals surface area contributed by atoms with Gasteiger partial charge in [0.25, 0.3) is 0 Å². The van der Waals surface area contributed by atoms with Crippen LogP contribution in [0.15, 0.2) is 12.1 Å². The minimum Gasteiger partial charge on any atom is -0.207 e. The van der Waals surface area contributed by atoms with E-state index in [-0.39, 0.29) is 26.2 Å². The average Bonchev–Trinajstić information content (AvgIpc) is 2.57. The first kappa shape index (κ1) is 12.3. The van der Waals surface area contributed by atoms with Gasteiger partial charge in [0.2, 0.25) is 0 Å². The third kappa shape index (κ3) is 2.86. The number of rotatable bonds is 3. The summed E-state index contributed by atoms with van der Waals surface area (Å²) in [5, 5.41) is 0. The molecule has 2 rings (SSSR count). The Hall–Kier alpha value is 0.233. The second-order valence-corrected chi connectivity index (χ2v) is 4.22. The van der Waals surface area contributed by atoms with E-state index in [1.54, 1.807) is 16.7 Å². The van der Waals surface area contributed by atoms with Crippen LogP contribution >= 0.6 is 0 Å². The summed E-state index contributed by atoms with van der Waals surface area (Å²) in [4.78, 5) is 0. The number of aryl methyl sites for hydroxylation is 3. The van der Waals surface area contributed by atoms with Crippen LogP contribution in [0.1, 0.15) is 49.3 Å². The molecular formula is C13H19Zr-. The predicted octanol–water partition coefficient (Wildman–Crippen LogP) is 3.62. The second kappa shape index (κ2) is 5.96. The van der Waals surface area contributed by atoms with Crippen molar-refractivity contribution in [3.05, 3.63) is 28.8 Å². The fourth-order valence-corrected chi connectivity index (χ4v) is 2.30. The van der Waals surface area contributed by atoms with Gasteiger partial charge in [-0.1, -0.05) is 51.9 Å². The van der Waals surface area contributed by atoms with E-state index < -0.39 is 0 Å². The Bertz CT molecular complexity index is 249. The molecular weight excluding hydrogens is 247 g/mol. The van der Waals surface area contributed by atoms with E-state index >= 15 is 0 Å². The van der Waals surface area contributed by atoms with Gasteiger partial charge in [0.15, 0.2) is 0 Å². The molecule has 0 fully saturated rings. The monoisotopic (exact) mass is 265 g/mol. The molecule has 1 aliphatic rings. The van der Waals surface area contributed by atoms with E-state index in [1.165, 1.54) is 44.9 Å². The number of fused-ring (bicyclic) bond motifs is 1. The molecule has 0 aliphatic heterocycles. The van der Waals surface area contributed by atoms with Crippen LogP contribution in [0.2, 0.25) is 0 Å². The van der Waals surface area contributed by atoms with Gasteiger partial charge in [-0.25, -0.2) is 6.07 Å². The third-order valence-electron chi connectivity index (χ3n) is 3.09. The predicted molar refractivity (Wildman–Crippen MR) is 57.3 cm³/mol. The molecule has 0 bridgehead atoms. The van der Waals surface area contributed by atoms with Crippen molar-refractivity contribution < 1.29 is 26.2 Å². The molecule has 0 nitrogen and oxygen atoms in total. The first-order valence-electron chi connectivity index (χ1n) is 5.67. The van der Waals surface area contributed by atoms with E-state index in [1.807, 2.05) is 0 Å². The fraction of sp³-hybridized carbons (Fsp3) is 0.615. The molecule has 0 spiro atoms. The molecule has 0 atom stereocenters. The minimum absolute atomic E-state index is 0. The third-order valence-corrected chi connectivity index (χ3v) is 3.09. The van der Waals surface area contributed by atoms with Crippen molar-refractivity contribution in [3.8, 4) is 0 Å². The van der Waals surface area contributed by atoms with Gasteiger partial charge in [0.05, 0.1) is 0 Å². The number of hydrogen-bond acceptors (Lipinski definition) is 0. The molecule has 0 aromatic heterocycles. The zero-order chi connectivity index (χ0) is 9.10.